The maximum Gasteiger partial charge on any atom is 0.401 e. The van der Waals surface area contributed by atoms with Gasteiger partial charge in [0.15, 0.2) is 13.6 Å². The molecule has 2 aliphatic rings. The van der Waals surface area contributed by atoms with Crippen molar-refractivity contribution in [2.75, 3.05) is 84.7 Å². The molecule has 0 bridgehead atoms. The molecule has 20 nitrogen and oxygen atoms in total. The van der Waals surface area contributed by atoms with Crippen molar-refractivity contribution in [3.63, 3.8) is 0 Å². The molecule has 8 aromatic rings. The van der Waals surface area contributed by atoms with Gasteiger partial charge >= 0.3 is 34.4 Å². The molecule has 0 aromatic heterocycles. The summed E-state index contributed by atoms with van der Waals surface area (Å²) in [5.41, 5.74) is 18.8. The van der Waals surface area contributed by atoms with E-state index in [4.69, 9.17) is 83.1 Å². The molecule has 738 valence electrons. The molecule has 134 heavy (non-hydrogen) atoms. The van der Waals surface area contributed by atoms with Crippen LogP contribution in [0.5, 0.6) is 69.0 Å². The Morgan fingerprint density at radius 2 is 0.381 bits per heavy atom. The van der Waals surface area contributed by atoms with Crippen LogP contribution in [0.25, 0.3) is 44.5 Å². The van der Waals surface area contributed by atoms with Gasteiger partial charge in [0.1, 0.15) is 69.0 Å². The standard InChI is InChI=1S/C30H45O4P.C30H47O4P.C24H33O6P.C24H35O6P.2Y/c1-27(2,3)19-14-21(25(31-13)23(16-19)29(7,8)9)22-15-20(28(4,5)6)17-24(30(10,11)12)26(22)34-35-32-18-33-35;1-27(2,3)19-15-21(25(32-13)23(17-19)29(7,8)9)22-16-20(28(4,5)6)18-24(30(10,11)12)26(22)34-35(31)33-14;1-23(2,3)19-12-15(25-7)10-17(21(19)27-9)18-11-16(26-8)13-20(24(4,5)6)22(18)30-31-28-14-29-31;1-23(2,3)19-13-15(26-7)11-17(21(19)28-9)18-12-16(27-8)14-20(24(4,5)6)22(18)30-31(25)29-10;;/h14-17H,18H2,1-13H3;15-18,31H,1-14H3;10-13H,14H2,1-9H3;11-14,25H,1-10H3;;. The van der Waals surface area contributed by atoms with Gasteiger partial charge in [-0.3, -0.25) is 18.1 Å². The molecule has 26 heteroatoms. The summed E-state index contributed by atoms with van der Waals surface area (Å²) in [5.74, 6) is 8.75. The molecule has 0 spiro atoms. The summed E-state index contributed by atoms with van der Waals surface area (Å²) in [6.07, 6.45) is 0. The molecule has 0 aliphatic carbocycles. The molecule has 2 atom stereocenters. The number of hydrogen-bond donors (Lipinski definition) is 2. The molecular weight excluding hydrogens is 1920 g/mol. The van der Waals surface area contributed by atoms with Gasteiger partial charge in [0.2, 0.25) is 0 Å². The van der Waals surface area contributed by atoms with Crippen molar-refractivity contribution in [3.8, 4) is 114 Å². The first-order valence-electron chi connectivity index (χ1n) is 45.2. The summed E-state index contributed by atoms with van der Waals surface area (Å²) in [5, 5.41) is 0. The molecule has 8 aromatic carbocycles. The van der Waals surface area contributed by atoms with E-state index < -0.39 is 34.4 Å². The van der Waals surface area contributed by atoms with Crippen molar-refractivity contribution >= 4 is 34.4 Å². The zero-order valence-electron chi connectivity index (χ0n) is 89.8. The first kappa shape index (κ1) is 119. The van der Waals surface area contributed by atoms with E-state index in [1.165, 1.54) is 42.0 Å². The van der Waals surface area contributed by atoms with Crippen LogP contribution < -0.4 is 56.0 Å². The minimum absolute atomic E-state index is 0. The Kier molecular flexibility index (Phi) is 41.3. The van der Waals surface area contributed by atoms with Crippen LogP contribution in [0.2, 0.25) is 0 Å². The molecule has 2 aliphatic heterocycles. The monoisotopic (exact) mass is 2080 g/mol. The number of hydrogen-bond acceptors (Lipinski definition) is 20. The van der Waals surface area contributed by atoms with E-state index >= 15 is 0 Å². The van der Waals surface area contributed by atoms with E-state index in [2.05, 4.69) is 298 Å². The first-order chi connectivity index (χ1) is 60.4. The van der Waals surface area contributed by atoms with Crippen LogP contribution in [0.1, 0.15) is 316 Å². The second kappa shape index (κ2) is 46.4. The van der Waals surface area contributed by atoms with Gasteiger partial charge in [-0.05, 0) is 160 Å². The van der Waals surface area contributed by atoms with Crippen LogP contribution in [0.4, 0.5) is 0 Å². The van der Waals surface area contributed by atoms with Crippen LogP contribution in [0.15, 0.2) is 97.1 Å². The zero-order chi connectivity index (χ0) is 100. The van der Waals surface area contributed by atoms with E-state index in [0.29, 0.717) is 34.5 Å². The van der Waals surface area contributed by atoms with Gasteiger partial charge in [0.25, 0.3) is 0 Å². The molecule has 10 rings (SSSR count). The minimum atomic E-state index is -2.11. The first-order valence-corrected chi connectivity index (χ1v) is 49.6. The van der Waals surface area contributed by atoms with Crippen molar-refractivity contribution in [3.05, 3.63) is 164 Å². The Hall–Kier alpha value is -5.03. The second-order valence-electron chi connectivity index (χ2n) is 46.0. The number of rotatable bonds is 22. The van der Waals surface area contributed by atoms with Crippen molar-refractivity contribution in [2.45, 2.75) is 314 Å². The number of benzene rings is 8. The maximum absolute atomic E-state index is 10.5. The third-order valence-electron chi connectivity index (χ3n) is 23.1. The summed E-state index contributed by atoms with van der Waals surface area (Å²) in [6, 6.07) is 33.7. The van der Waals surface area contributed by atoms with E-state index in [-0.39, 0.29) is 144 Å². The van der Waals surface area contributed by atoms with Crippen molar-refractivity contribution in [1.82, 2.24) is 0 Å². The quantitative estimate of drug-likeness (QED) is 0.0605. The average Bonchev–Trinajstić information content (AvgIpc) is 0.749. The summed E-state index contributed by atoms with van der Waals surface area (Å²) in [4.78, 5) is 20.7. The topological polar surface area (TPSA) is 207 Å². The van der Waals surface area contributed by atoms with Crippen LogP contribution in [0, 0.1) is 0 Å². The van der Waals surface area contributed by atoms with Gasteiger partial charge < -0.3 is 74.8 Å². The second-order valence-corrected chi connectivity index (χ2v) is 50.4. The van der Waals surface area contributed by atoms with Crippen LogP contribution in [0.3, 0.4) is 0 Å². The SMILES string of the molecule is COc1c(-c2cc(C(C)(C)C)cc(C(C)(C)C)c2OP(O)OC)cc(C(C)(C)C)cc1C(C)(C)C.COc1c(-c2cc(C(C)(C)C)cc(C(C)(C)C)c2OP2OCO2)cc(C(C)(C)C)cc1C(C)(C)C.COc1cc(-c2cc(OC)cc(C(C)(C)C)c2OP(O)OC)c(OC)c(C(C)(C)C)c1.COc1cc(-c2cc(OC)cc(C(C)(C)C)c2OP2OCO2)c(OC)c(C(C)(C)C)c1.[Y].[Y]. The Morgan fingerprint density at radius 1 is 0.216 bits per heavy atom. The van der Waals surface area contributed by atoms with E-state index in [0.717, 1.165) is 118 Å². The molecule has 0 amide bonds. The van der Waals surface area contributed by atoms with Crippen LogP contribution in [-0.2, 0) is 158 Å². The molecular formula is C108H160O20P4Y2. The fourth-order valence-corrected chi connectivity index (χ4v) is 17.3. The Balaban J connectivity index is 0.000000315. The van der Waals surface area contributed by atoms with Crippen LogP contribution in [-0.4, -0.2) is 94.5 Å². The predicted molar refractivity (Wildman–Crippen MR) is 547 cm³/mol. The third kappa shape index (κ3) is 30.0. The summed E-state index contributed by atoms with van der Waals surface area (Å²) in [7, 11) is 9.31. The number of methoxy groups -OCH3 is 8. The molecule has 2 unspecified atom stereocenters. The molecule has 2 heterocycles. The van der Waals surface area contributed by atoms with Gasteiger partial charge in [0, 0.05) is 169 Å². The predicted octanol–water partition coefficient (Wildman–Crippen LogP) is 30.8. The van der Waals surface area contributed by atoms with Crippen molar-refractivity contribution in [1.29, 1.82) is 0 Å². The average molecular weight is 2080 g/mol. The van der Waals surface area contributed by atoms with Gasteiger partial charge in [0.05, 0.1) is 56.9 Å². The fourth-order valence-electron chi connectivity index (χ4n) is 15.1. The van der Waals surface area contributed by atoms with E-state index in [9.17, 15) is 9.79 Å². The van der Waals surface area contributed by atoms with Crippen LogP contribution >= 0.6 is 34.4 Å². The summed E-state index contributed by atoms with van der Waals surface area (Å²) < 4.78 is 104. The smallest absolute Gasteiger partial charge is 0.401 e. The van der Waals surface area contributed by atoms with Gasteiger partial charge in [-0.2, -0.15) is 0 Å². The minimum Gasteiger partial charge on any atom is -0.497 e. The van der Waals surface area contributed by atoms with Crippen molar-refractivity contribution in [2.24, 2.45) is 0 Å². The molecule has 2 N–H and O–H groups in total. The Labute approximate surface area is 861 Å². The van der Waals surface area contributed by atoms with Gasteiger partial charge in [-0.25, -0.2) is 0 Å². The Morgan fingerprint density at radius 3 is 0.567 bits per heavy atom. The maximum atomic E-state index is 10.5. The van der Waals surface area contributed by atoms with E-state index in [1.807, 2.05) is 48.5 Å². The zero-order valence-corrected chi connectivity index (χ0v) is 99.1. The normalized spacial score (nSPS) is 14.2. The largest absolute Gasteiger partial charge is 0.497 e. The molecule has 2 fully saturated rings. The summed E-state index contributed by atoms with van der Waals surface area (Å²) in [6.45, 7) is 79.4. The fraction of sp³-hybridized carbons (Fsp3) is 0.556. The molecule has 2 saturated heterocycles. The number of ether oxygens (including phenoxy) is 8. The van der Waals surface area contributed by atoms with Gasteiger partial charge in [-0.1, -0.05) is 274 Å². The Bertz CT molecular complexity index is 4970. The molecule has 0 saturated carbocycles. The van der Waals surface area contributed by atoms with Gasteiger partial charge in [-0.15, -0.1) is 0 Å². The van der Waals surface area contributed by atoms with Crippen molar-refractivity contribution < 1.29 is 158 Å². The van der Waals surface area contributed by atoms with E-state index in [1.54, 1.807) is 56.9 Å². The molecule has 2 radical (unpaired) electrons. The third-order valence-corrected chi connectivity index (χ3v) is 26.3. The summed E-state index contributed by atoms with van der Waals surface area (Å²) >= 11 is 0.